The Bertz CT molecular complexity index is 1280. The highest BCUT2D eigenvalue weighted by atomic mass is 32.2. The van der Waals surface area contributed by atoms with Gasteiger partial charge in [0.15, 0.2) is 0 Å². The molecular weight excluding hydrogens is 476 g/mol. The van der Waals surface area contributed by atoms with E-state index >= 15 is 0 Å². The lowest BCUT2D eigenvalue weighted by atomic mass is 10.0. The van der Waals surface area contributed by atoms with Gasteiger partial charge in [0.1, 0.15) is 11.7 Å². The maximum atomic E-state index is 13.8. The number of amides is 1. The highest BCUT2D eigenvalue weighted by Gasteiger charge is 2.32. The predicted molar refractivity (Wildman–Crippen MR) is 136 cm³/mol. The van der Waals surface area contributed by atoms with Crippen LogP contribution in [-0.4, -0.2) is 71.3 Å². The molecular formula is C26H32N6O3S. The number of likely N-dealkylation sites (tertiary alicyclic amines) is 2. The summed E-state index contributed by atoms with van der Waals surface area (Å²) in [6.45, 7) is 3.86. The molecule has 2 aliphatic heterocycles. The van der Waals surface area contributed by atoms with Gasteiger partial charge in [-0.15, -0.1) is 5.10 Å². The molecule has 0 aliphatic carbocycles. The first-order valence-corrected chi connectivity index (χ1v) is 14.0. The summed E-state index contributed by atoms with van der Waals surface area (Å²) in [5.74, 6) is 0.0553. The third kappa shape index (κ3) is 5.50. The number of hydrogen-bond donors (Lipinski definition) is 1. The average molecular weight is 509 g/mol. The summed E-state index contributed by atoms with van der Waals surface area (Å²) in [7, 11) is -3.77. The first-order valence-electron chi connectivity index (χ1n) is 12.5. The molecule has 10 heteroatoms. The van der Waals surface area contributed by atoms with E-state index in [4.69, 9.17) is 5.14 Å². The fraction of sp³-hybridized carbons (Fsp3) is 0.423. The molecule has 3 heterocycles. The Labute approximate surface area is 211 Å². The van der Waals surface area contributed by atoms with Gasteiger partial charge in [-0.3, -0.25) is 4.79 Å². The summed E-state index contributed by atoms with van der Waals surface area (Å²) in [6.07, 6.45) is 6.83. The Balaban J connectivity index is 1.35. The highest BCUT2D eigenvalue weighted by molar-refractivity contribution is 7.89. The van der Waals surface area contributed by atoms with Crippen LogP contribution in [0.3, 0.4) is 0 Å². The molecule has 0 spiro atoms. The molecule has 5 rings (SSSR count). The van der Waals surface area contributed by atoms with Gasteiger partial charge < -0.3 is 9.80 Å². The number of sulfonamides is 1. The van der Waals surface area contributed by atoms with E-state index in [1.165, 1.54) is 38.1 Å². The van der Waals surface area contributed by atoms with Gasteiger partial charge in [0, 0.05) is 31.1 Å². The summed E-state index contributed by atoms with van der Waals surface area (Å²) in [4.78, 5) is 18.4. The fourth-order valence-corrected chi connectivity index (χ4v) is 5.79. The topological polar surface area (TPSA) is 114 Å². The van der Waals surface area contributed by atoms with Crippen LogP contribution in [0.1, 0.15) is 37.3 Å². The van der Waals surface area contributed by atoms with Gasteiger partial charge in [0.05, 0.1) is 11.1 Å². The Morgan fingerprint density at radius 2 is 1.64 bits per heavy atom. The third-order valence-corrected chi connectivity index (χ3v) is 8.23. The van der Waals surface area contributed by atoms with E-state index in [1.54, 1.807) is 23.0 Å². The van der Waals surface area contributed by atoms with Crippen LogP contribution in [0.25, 0.3) is 11.3 Å². The number of nitrogens with zero attached hydrogens (tertiary/aromatic N) is 5. The molecule has 2 fully saturated rings. The highest BCUT2D eigenvalue weighted by Crippen LogP contribution is 2.26. The average Bonchev–Trinajstić information content (AvgIpc) is 3.60. The summed E-state index contributed by atoms with van der Waals surface area (Å²) in [6, 6.07) is 16.2. The molecule has 190 valence electrons. The Kier molecular flexibility index (Phi) is 7.17. The van der Waals surface area contributed by atoms with Crippen LogP contribution < -0.4 is 5.14 Å². The minimum absolute atomic E-state index is 0.0353. The summed E-state index contributed by atoms with van der Waals surface area (Å²) in [5, 5.41) is 13.8. The monoisotopic (exact) mass is 508 g/mol. The van der Waals surface area contributed by atoms with Gasteiger partial charge in [0.25, 0.3) is 0 Å². The second-order valence-electron chi connectivity index (χ2n) is 9.66. The zero-order valence-electron chi connectivity index (χ0n) is 20.2. The minimum Gasteiger partial charge on any atom is -0.341 e. The molecule has 1 atom stereocenters. The molecule has 0 bridgehead atoms. The molecule has 1 aromatic heterocycles. The number of rotatable bonds is 7. The van der Waals surface area contributed by atoms with Gasteiger partial charge >= 0.3 is 0 Å². The quantitative estimate of drug-likeness (QED) is 0.524. The van der Waals surface area contributed by atoms with Crippen LogP contribution in [0.15, 0.2) is 65.7 Å². The number of nitrogens with two attached hydrogens (primary N) is 1. The van der Waals surface area contributed by atoms with E-state index in [0.717, 1.165) is 31.5 Å². The van der Waals surface area contributed by atoms with Gasteiger partial charge in [0.2, 0.25) is 15.9 Å². The third-order valence-electron chi connectivity index (χ3n) is 7.30. The zero-order valence-corrected chi connectivity index (χ0v) is 21.1. The van der Waals surface area contributed by atoms with E-state index in [1.807, 2.05) is 35.2 Å². The van der Waals surface area contributed by atoms with Gasteiger partial charge in [-0.2, -0.15) is 0 Å². The standard InChI is InChI=1S/C26H32N6O3S/c27-36(34,35)23-10-8-21(9-11-23)24-19-32(29-28-24)25(18-20-6-2-1-3-7-20)26(33)31-16-12-22(13-17-31)30-14-4-5-15-30/h1-3,6-11,19,22,25H,4-5,12-18H2,(H2,27,34,35). The maximum Gasteiger partial charge on any atom is 0.247 e. The van der Waals surface area contributed by atoms with Crippen molar-refractivity contribution in [1.82, 2.24) is 24.8 Å². The summed E-state index contributed by atoms with van der Waals surface area (Å²) >= 11 is 0. The van der Waals surface area contributed by atoms with Crippen molar-refractivity contribution in [1.29, 1.82) is 0 Å². The molecule has 2 aliphatic rings. The van der Waals surface area contributed by atoms with E-state index < -0.39 is 16.1 Å². The lowest BCUT2D eigenvalue weighted by molar-refractivity contribution is -0.136. The lowest BCUT2D eigenvalue weighted by Gasteiger charge is -2.38. The van der Waals surface area contributed by atoms with Crippen molar-refractivity contribution in [3.63, 3.8) is 0 Å². The first kappa shape index (κ1) is 24.6. The van der Waals surface area contributed by atoms with E-state index in [-0.39, 0.29) is 10.8 Å². The van der Waals surface area contributed by atoms with E-state index in [9.17, 15) is 13.2 Å². The normalized spacial score (nSPS) is 18.4. The Morgan fingerprint density at radius 3 is 2.28 bits per heavy atom. The zero-order chi connectivity index (χ0) is 25.1. The van der Waals surface area contributed by atoms with Gasteiger partial charge in [-0.25, -0.2) is 18.2 Å². The second-order valence-corrected chi connectivity index (χ2v) is 11.2. The molecule has 2 saturated heterocycles. The SMILES string of the molecule is NS(=O)(=O)c1ccc(-c2cn(C(Cc3ccccc3)C(=O)N3CCC(N4CCCC4)CC3)nn2)cc1. The molecule has 2 N–H and O–H groups in total. The Morgan fingerprint density at radius 1 is 0.972 bits per heavy atom. The van der Waals surface area contributed by atoms with Crippen molar-refractivity contribution in [2.24, 2.45) is 5.14 Å². The smallest absolute Gasteiger partial charge is 0.247 e. The van der Waals surface area contributed by atoms with Gasteiger partial charge in [-0.1, -0.05) is 47.7 Å². The van der Waals surface area contributed by atoms with E-state index in [2.05, 4.69) is 15.2 Å². The number of carbonyl (C=O) groups excluding carboxylic acids is 1. The number of hydrogen-bond acceptors (Lipinski definition) is 6. The minimum atomic E-state index is -3.77. The second kappa shape index (κ2) is 10.5. The number of aromatic nitrogens is 3. The predicted octanol–water partition coefficient (Wildman–Crippen LogP) is 2.46. The summed E-state index contributed by atoms with van der Waals surface area (Å²) < 4.78 is 24.8. The number of benzene rings is 2. The van der Waals surface area contributed by atoms with Crippen molar-refractivity contribution >= 4 is 15.9 Å². The number of primary sulfonamides is 1. The molecule has 9 nitrogen and oxygen atoms in total. The molecule has 0 saturated carbocycles. The van der Waals surface area contributed by atoms with Crippen LogP contribution >= 0.6 is 0 Å². The fourth-order valence-electron chi connectivity index (χ4n) is 5.28. The molecule has 2 aromatic carbocycles. The van der Waals surface area contributed by atoms with Crippen molar-refractivity contribution in [3.05, 3.63) is 66.4 Å². The molecule has 1 unspecified atom stereocenters. The van der Waals surface area contributed by atoms with Crippen molar-refractivity contribution in [3.8, 4) is 11.3 Å². The Hall–Kier alpha value is -3.08. The summed E-state index contributed by atoms with van der Waals surface area (Å²) in [5.41, 5.74) is 2.32. The van der Waals surface area contributed by atoms with Crippen molar-refractivity contribution < 1.29 is 13.2 Å². The van der Waals surface area contributed by atoms with Crippen molar-refractivity contribution in [2.75, 3.05) is 26.2 Å². The van der Waals surface area contributed by atoms with E-state index in [0.29, 0.717) is 23.7 Å². The van der Waals surface area contributed by atoms with Crippen LogP contribution in [0.5, 0.6) is 0 Å². The van der Waals surface area contributed by atoms with Gasteiger partial charge in [-0.05, 0) is 56.5 Å². The number of piperidine rings is 1. The largest absolute Gasteiger partial charge is 0.341 e. The van der Waals surface area contributed by atoms with Crippen LogP contribution in [0.4, 0.5) is 0 Å². The molecule has 1 amide bonds. The van der Waals surface area contributed by atoms with Crippen LogP contribution in [0.2, 0.25) is 0 Å². The lowest BCUT2D eigenvalue weighted by Crippen LogP contribution is -2.48. The van der Waals surface area contributed by atoms with Crippen LogP contribution in [0, 0.1) is 0 Å². The van der Waals surface area contributed by atoms with Crippen molar-refractivity contribution in [2.45, 2.75) is 49.1 Å². The first-order chi connectivity index (χ1) is 17.4. The molecule has 36 heavy (non-hydrogen) atoms. The molecule has 3 aromatic rings. The number of carbonyl (C=O) groups is 1. The maximum absolute atomic E-state index is 13.8. The molecule has 0 radical (unpaired) electrons. The van der Waals surface area contributed by atoms with Crippen LogP contribution in [-0.2, 0) is 21.2 Å².